The molecule has 0 radical (unpaired) electrons. The Balaban J connectivity index is 1.60. The minimum absolute atomic E-state index is 0.00631. The zero-order chi connectivity index (χ0) is 13.9. The van der Waals surface area contributed by atoms with E-state index >= 15 is 0 Å². The van der Waals surface area contributed by atoms with Gasteiger partial charge in [0, 0.05) is 40.3 Å². The molecule has 2 heterocycles. The summed E-state index contributed by atoms with van der Waals surface area (Å²) in [4.78, 5) is 23.4. The standard InChI is InChI=1S/C14H16N2O2S2/c17-13-6-10-5-9(1-2-12(10)16-13)14(18)15-7-11-8-19-3-4-20-11/h1-2,5,11H,3-4,6-8H2,(H,15,18)(H,16,17). The summed E-state index contributed by atoms with van der Waals surface area (Å²) in [6.45, 7) is 0.713. The van der Waals surface area contributed by atoms with Gasteiger partial charge in [-0.2, -0.15) is 23.5 Å². The van der Waals surface area contributed by atoms with Gasteiger partial charge in [0.25, 0.3) is 5.91 Å². The Kier molecular flexibility index (Phi) is 4.21. The van der Waals surface area contributed by atoms with Crippen LogP contribution in [0.2, 0.25) is 0 Å². The number of hydrogen-bond acceptors (Lipinski definition) is 4. The smallest absolute Gasteiger partial charge is 0.251 e. The zero-order valence-corrected chi connectivity index (χ0v) is 12.6. The van der Waals surface area contributed by atoms with Gasteiger partial charge in [0.1, 0.15) is 0 Å². The highest BCUT2D eigenvalue weighted by Gasteiger charge is 2.20. The van der Waals surface area contributed by atoms with Crippen molar-refractivity contribution < 1.29 is 9.59 Å². The molecule has 0 aromatic heterocycles. The molecule has 2 aliphatic rings. The van der Waals surface area contributed by atoms with E-state index in [1.165, 1.54) is 5.75 Å². The Labute approximate surface area is 126 Å². The number of amides is 2. The quantitative estimate of drug-likeness (QED) is 0.893. The number of carbonyl (C=O) groups excluding carboxylic acids is 2. The van der Waals surface area contributed by atoms with E-state index in [2.05, 4.69) is 10.6 Å². The molecule has 1 fully saturated rings. The molecule has 1 aromatic rings. The van der Waals surface area contributed by atoms with E-state index < -0.39 is 0 Å². The molecule has 1 atom stereocenters. The summed E-state index contributed by atoms with van der Waals surface area (Å²) in [5.74, 6) is 3.42. The average Bonchev–Trinajstić information content (AvgIpc) is 2.85. The summed E-state index contributed by atoms with van der Waals surface area (Å²) in [6, 6.07) is 5.38. The fraction of sp³-hybridized carbons (Fsp3) is 0.429. The van der Waals surface area contributed by atoms with E-state index in [4.69, 9.17) is 0 Å². The lowest BCUT2D eigenvalue weighted by Crippen LogP contribution is -2.33. The Morgan fingerprint density at radius 1 is 1.40 bits per heavy atom. The van der Waals surface area contributed by atoms with Gasteiger partial charge in [-0.3, -0.25) is 9.59 Å². The second kappa shape index (κ2) is 6.10. The van der Waals surface area contributed by atoms with Crippen LogP contribution in [0.15, 0.2) is 18.2 Å². The zero-order valence-electron chi connectivity index (χ0n) is 11.0. The van der Waals surface area contributed by atoms with Crippen molar-refractivity contribution in [2.75, 3.05) is 29.1 Å². The van der Waals surface area contributed by atoms with Crippen molar-refractivity contribution in [1.29, 1.82) is 0 Å². The van der Waals surface area contributed by atoms with Gasteiger partial charge in [-0.25, -0.2) is 0 Å². The summed E-state index contributed by atoms with van der Waals surface area (Å²) in [5, 5.41) is 6.27. The maximum atomic E-state index is 12.1. The number of benzene rings is 1. The first-order valence-electron chi connectivity index (χ1n) is 6.63. The van der Waals surface area contributed by atoms with Crippen LogP contribution in [0.1, 0.15) is 15.9 Å². The molecule has 20 heavy (non-hydrogen) atoms. The van der Waals surface area contributed by atoms with Crippen LogP contribution in [0.3, 0.4) is 0 Å². The van der Waals surface area contributed by atoms with Crippen LogP contribution >= 0.6 is 23.5 Å². The van der Waals surface area contributed by atoms with Gasteiger partial charge in [0.15, 0.2) is 0 Å². The molecule has 1 aromatic carbocycles. The van der Waals surface area contributed by atoms with E-state index in [0.29, 0.717) is 23.8 Å². The highest BCUT2D eigenvalue weighted by atomic mass is 32.2. The van der Waals surface area contributed by atoms with E-state index in [0.717, 1.165) is 22.8 Å². The fourth-order valence-corrected chi connectivity index (χ4v) is 4.95. The van der Waals surface area contributed by atoms with E-state index in [-0.39, 0.29) is 11.8 Å². The molecular formula is C14H16N2O2S2. The molecule has 0 saturated carbocycles. The number of hydrogen-bond donors (Lipinski definition) is 2. The maximum absolute atomic E-state index is 12.1. The Morgan fingerprint density at radius 3 is 3.10 bits per heavy atom. The molecule has 6 heteroatoms. The van der Waals surface area contributed by atoms with E-state index in [1.54, 1.807) is 12.1 Å². The van der Waals surface area contributed by atoms with Crippen molar-refractivity contribution in [2.24, 2.45) is 0 Å². The lowest BCUT2D eigenvalue weighted by molar-refractivity contribution is -0.115. The third kappa shape index (κ3) is 3.12. The Bertz CT molecular complexity index is 542. The van der Waals surface area contributed by atoms with E-state index in [1.807, 2.05) is 29.6 Å². The first-order valence-corrected chi connectivity index (χ1v) is 8.83. The number of fused-ring (bicyclic) bond motifs is 1. The van der Waals surface area contributed by atoms with Crippen LogP contribution < -0.4 is 10.6 Å². The van der Waals surface area contributed by atoms with Gasteiger partial charge in [-0.1, -0.05) is 0 Å². The lowest BCUT2D eigenvalue weighted by atomic mass is 10.1. The van der Waals surface area contributed by atoms with Crippen molar-refractivity contribution in [2.45, 2.75) is 11.7 Å². The molecule has 106 valence electrons. The number of nitrogens with one attached hydrogen (secondary N) is 2. The number of thioether (sulfide) groups is 2. The number of carbonyl (C=O) groups is 2. The molecule has 0 bridgehead atoms. The van der Waals surface area contributed by atoms with Crippen molar-refractivity contribution in [3.8, 4) is 0 Å². The van der Waals surface area contributed by atoms with Gasteiger partial charge >= 0.3 is 0 Å². The molecule has 1 unspecified atom stereocenters. The van der Waals surface area contributed by atoms with Crippen LogP contribution in [-0.2, 0) is 11.2 Å². The predicted octanol–water partition coefficient (Wildman–Crippen LogP) is 1.76. The van der Waals surface area contributed by atoms with Crippen LogP contribution in [0.25, 0.3) is 0 Å². The summed E-state index contributed by atoms with van der Waals surface area (Å²) < 4.78 is 0. The van der Waals surface area contributed by atoms with Crippen LogP contribution in [0.4, 0.5) is 5.69 Å². The summed E-state index contributed by atoms with van der Waals surface area (Å²) >= 11 is 3.88. The molecule has 0 aliphatic carbocycles. The second-order valence-electron chi connectivity index (χ2n) is 4.87. The van der Waals surface area contributed by atoms with Gasteiger partial charge in [0.05, 0.1) is 6.42 Å². The predicted molar refractivity (Wildman–Crippen MR) is 84.7 cm³/mol. The molecular weight excluding hydrogens is 292 g/mol. The Morgan fingerprint density at radius 2 is 2.30 bits per heavy atom. The minimum atomic E-state index is -0.0525. The SMILES string of the molecule is O=C1Cc2cc(C(=O)NCC3CSCCS3)ccc2N1. The molecule has 2 N–H and O–H groups in total. The first-order chi connectivity index (χ1) is 9.72. The van der Waals surface area contributed by atoms with E-state index in [9.17, 15) is 9.59 Å². The molecule has 3 rings (SSSR count). The molecule has 1 saturated heterocycles. The first kappa shape index (κ1) is 13.8. The highest BCUT2D eigenvalue weighted by molar-refractivity contribution is 8.06. The minimum Gasteiger partial charge on any atom is -0.351 e. The van der Waals surface area contributed by atoms with Gasteiger partial charge in [0.2, 0.25) is 5.91 Å². The Hall–Kier alpha value is -1.14. The summed E-state index contributed by atoms with van der Waals surface area (Å²) in [7, 11) is 0. The van der Waals surface area contributed by atoms with Gasteiger partial charge < -0.3 is 10.6 Å². The van der Waals surface area contributed by atoms with Crippen molar-refractivity contribution in [3.05, 3.63) is 29.3 Å². The lowest BCUT2D eigenvalue weighted by Gasteiger charge is -2.21. The van der Waals surface area contributed by atoms with Gasteiger partial charge in [-0.05, 0) is 23.8 Å². The van der Waals surface area contributed by atoms with Crippen molar-refractivity contribution >= 4 is 41.0 Å². The highest BCUT2D eigenvalue weighted by Crippen LogP contribution is 2.25. The van der Waals surface area contributed by atoms with Gasteiger partial charge in [-0.15, -0.1) is 0 Å². The molecule has 0 spiro atoms. The molecule has 4 nitrogen and oxygen atoms in total. The second-order valence-corrected chi connectivity index (χ2v) is 7.43. The summed E-state index contributed by atoms with van der Waals surface area (Å²) in [5.41, 5.74) is 2.37. The third-order valence-electron chi connectivity index (χ3n) is 3.37. The summed E-state index contributed by atoms with van der Waals surface area (Å²) in [6.07, 6.45) is 0.367. The molecule has 2 amide bonds. The maximum Gasteiger partial charge on any atom is 0.251 e. The number of anilines is 1. The molecule has 2 aliphatic heterocycles. The normalized spacial score (nSPS) is 21.2. The monoisotopic (exact) mass is 308 g/mol. The third-order valence-corrected chi connectivity index (χ3v) is 6.21. The van der Waals surface area contributed by atoms with Crippen LogP contribution in [0, 0.1) is 0 Å². The topological polar surface area (TPSA) is 58.2 Å². The number of rotatable bonds is 3. The largest absolute Gasteiger partial charge is 0.351 e. The average molecular weight is 308 g/mol. The van der Waals surface area contributed by atoms with Crippen LogP contribution in [-0.4, -0.2) is 40.9 Å². The van der Waals surface area contributed by atoms with Crippen molar-refractivity contribution in [3.63, 3.8) is 0 Å². The van der Waals surface area contributed by atoms with Crippen LogP contribution in [0.5, 0.6) is 0 Å². The fourth-order valence-electron chi connectivity index (χ4n) is 2.33. The van der Waals surface area contributed by atoms with Crippen molar-refractivity contribution in [1.82, 2.24) is 5.32 Å².